The topological polar surface area (TPSA) is 172 Å². The summed E-state index contributed by atoms with van der Waals surface area (Å²) >= 11 is 0. The summed E-state index contributed by atoms with van der Waals surface area (Å²) in [6.45, 7) is 4.34. The molecule has 0 saturated heterocycles. The molecule has 0 saturated carbocycles. The Bertz CT molecular complexity index is 752. The van der Waals surface area contributed by atoms with E-state index in [4.69, 9.17) is 9.47 Å². The lowest BCUT2D eigenvalue weighted by Gasteiger charge is -2.18. The zero-order valence-electron chi connectivity index (χ0n) is 19.5. The number of ether oxygens (including phenoxy) is 2. The van der Waals surface area contributed by atoms with Crippen LogP contribution in [0.3, 0.4) is 0 Å². The smallest absolute Gasteiger partial charge is 0.407 e. The van der Waals surface area contributed by atoms with Crippen molar-refractivity contribution in [3.05, 3.63) is 12.2 Å². The van der Waals surface area contributed by atoms with E-state index < -0.39 is 35.9 Å². The van der Waals surface area contributed by atoms with Gasteiger partial charge in [0.1, 0.15) is 6.04 Å². The van der Waals surface area contributed by atoms with Gasteiger partial charge in [0, 0.05) is 44.8 Å². The minimum Gasteiger partial charge on any atom is -0.450 e. The average molecular weight is 484 g/mol. The van der Waals surface area contributed by atoms with Crippen LogP contribution in [0.15, 0.2) is 12.2 Å². The summed E-state index contributed by atoms with van der Waals surface area (Å²) in [5, 5.41) is 10.3. The summed E-state index contributed by atoms with van der Waals surface area (Å²) in [5.74, 6) is -1.74. The maximum Gasteiger partial charge on any atom is 0.407 e. The number of rotatable bonds is 15. The normalized spacial score (nSPS) is 13.3. The minimum atomic E-state index is -0.850. The van der Waals surface area contributed by atoms with Gasteiger partial charge in [-0.3, -0.25) is 24.1 Å². The van der Waals surface area contributed by atoms with Gasteiger partial charge < -0.3 is 30.7 Å². The Morgan fingerprint density at radius 3 is 2.12 bits per heavy atom. The van der Waals surface area contributed by atoms with Crippen molar-refractivity contribution in [1.82, 2.24) is 26.2 Å². The van der Waals surface area contributed by atoms with E-state index in [0.717, 1.165) is 17.1 Å². The first kappa shape index (κ1) is 28.4. The first-order valence-electron chi connectivity index (χ1n) is 11.2. The molecule has 1 atom stereocenters. The second kappa shape index (κ2) is 16.0. The Balaban J connectivity index is 2.33. The van der Waals surface area contributed by atoms with Crippen LogP contribution in [-0.4, -0.2) is 86.1 Å². The van der Waals surface area contributed by atoms with Gasteiger partial charge in [-0.15, -0.1) is 0 Å². The predicted octanol–water partition coefficient (Wildman–Crippen LogP) is -0.435. The molecular formula is C21H33N5O8. The highest BCUT2D eigenvalue weighted by Gasteiger charge is 2.24. The van der Waals surface area contributed by atoms with Crippen molar-refractivity contribution < 1.29 is 38.2 Å². The van der Waals surface area contributed by atoms with Gasteiger partial charge in [-0.2, -0.15) is 0 Å². The lowest BCUT2D eigenvalue weighted by atomic mass is 10.1. The molecule has 13 nitrogen and oxygen atoms in total. The number of amides is 6. The van der Waals surface area contributed by atoms with Crippen molar-refractivity contribution in [2.45, 2.75) is 45.6 Å². The summed E-state index contributed by atoms with van der Waals surface area (Å²) in [6, 6.07) is -0.850. The third kappa shape index (κ3) is 11.3. The van der Waals surface area contributed by atoms with E-state index in [1.807, 2.05) is 0 Å². The molecule has 0 bridgehead atoms. The van der Waals surface area contributed by atoms with Gasteiger partial charge in [-0.25, -0.2) is 9.59 Å². The van der Waals surface area contributed by atoms with Gasteiger partial charge in [-0.1, -0.05) is 0 Å². The molecule has 4 N–H and O–H groups in total. The third-order valence-corrected chi connectivity index (χ3v) is 4.56. The number of unbranched alkanes of at least 4 members (excludes halogenated alkanes) is 1. The van der Waals surface area contributed by atoms with Gasteiger partial charge in [0.05, 0.1) is 13.2 Å². The van der Waals surface area contributed by atoms with E-state index in [-0.39, 0.29) is 45.2 Å². The molecule has 34 heavy (non-hydrogen) atoms. The van der Waals surface area contributed by atoms with Gasteiger partial charge in [0.25, 0.3) is 11.8 Å². The first-order valence-corrected chi connectivity index (χ1v) is 11.2. The largest absolute Gasteiger partial charge is 0.450 e. The molecule has 0 fully saturated rings. The number of alkyl carbamates (subject to hydrolysis) is 2. The second-order valence-electron chi connectivity index (χ2n) is 7.11. The van der Waals surface area contributed by atoms with Crippen molar-refractivity contribution >= 4 is 35.8 Å². The van der Waals surface area contributed by atoms with E-state index in [9.17, 15) is 28.8 Å². The molecule has 1 aliphatic rings. The third-order valence-electron chi connectivity index (χ3n) is 4.56. The SMILES string of the molecule is CCOC(=O)NCCCCC(NC(=O)OCC)C(=O)NCCNC(=O)CCN1C(=O)C=CC1=O. The van der Waals surface area contributed by atoms with Crippen LogP contribution < -0.4 is 21.3 Å². The van der Waals surface area contributed by atoms with Crippen molar-refractivity contribution in [3.8, 4) is 0 Å². The number of hydrogen-bond acceptors (Lipinski definition) is 8. The van der Waals surface area contributed by atoms with Gasteiger partial charge in [0.15, 0.2) is 0 Å². The van der Waals surface area contributed by atoms with Gasteiger partial charge in [0.2, 0.25) is 11.8 Å². The molecular weight excluding hydrogens is 450 g/mol. The number of nitrogens with one attached hydrogen (secondary N) is 4. The highest BCUT2D eigenvalue weighted by atomic mass is 16.6. The fraction of sp³-hybridized carbons (Fsp3) is 0.619. The Morgan fingerprint density at radius 2 is 1.47 bits per heavy atom. The Labute approximate surface area is 197 Å². The Morgan fingerprint density at radius 1 is 0.853 bits per heavy atom. The quantitative estimate of drug-likeness (QED) is 0.179. The molecule has 0 aromatic rings. The summed E-state index contributed by atoms with van der Waals surface area (Å²) in [5.41, 5.74) is 0. The van der Waals surface area contributed by atoms with Crippen LogP contribution >= 0.6 is 0 Å². The van der Waals surface area contributed by atoms with Crippen LogP contribution in [0.2, 0.25) is 0 Å². The molecule has 1 heterocycles. The Kier molecular flexibility index (Phi) is 13.4. The van der Waals surface area contributed by atoms with Crippen LogP contribution in [0, 0.1) is 0 Å². The molecule has 1 rings (SSSR count). The van der Waals surface area contributed by atoms with Crippen LogP contribution in [-0.2, 0) is 28.7 Å². The predicted molar refractivity (Wildman–Crippen MR) is 119 cm³/mol. The molecule has 190 valence electrons. The number of hydrogen-bond donors (Lipinski definition) is 4. The van der Waals surface area contributed by atoms with Crippen molar-refractivity contribution in [1.29, 1.82) is 0 Å². The van der Waals surface area contributed by atoms with Crippen LogP contribution in [0.1, 0.15) is 39.5 Å². The van der Waals surface area contributed by atoms with Crippen LogP contribution in [0.25, 0.3) is 0 Å². The van der Waals surface area contributed by atoms with Crippen LogP contribution in [0.4, 0.5) is 9.59 Å². The maximum absolute atomic E-state index is 12.5. The second-order valence-corrected chi connectivity index (χ2v) is 7.11. The monoisotopic (exact) mass is 483 g/mol. The standard InChI is InChI=1S/C21H33N5O8/c1-3-33-20(31)24-11-6-5-7-15(25-21(32)34-4-2)19(30)23-13-12-22-16(27)10-14-26-17(28)8-9-18(26)29/h8-9,15H,3-7,10-14H2,1-2H3,(H,22,27)(H,23,30)(H,24,31)(H,25,32). The highest BCUT2D eigenvalue weighted by Crippen LogP contribution is 2.04. The molecule has 0 aromatic carbocycles. The van der Waals surface area contributed by atoms with Crippen molar-refractivity contribution in [2.75, 3.05) is 39.4 Å². The van der Waals surface area contributed by atoms with Crippen molar-refractivity contribution in [2.24, 2.45) is 0 Å². The zero-order chi connectivity index (χ0) is 25.3. The first-order chi connectivity index (χ1) is 16.3. The molecule has 0 spiro atoms. The van der Waals surface area contributed by atoms with Crippen LogP contribution in [0.5, 0.6) is 0 Å². The summed E-state index contributed by atoms with van der Waals surface area (Å²) in [7, 11) is 0. The molecule has 0 aromatic heterocycles. The van der Waals surface area contributed by atoms with E-state index in [0.29, 0.717) is 25.8 Å². The number of nitrogens with zero attached hydrogens (tertiary/aromatic N) is 1. The fourth-order valence-electron chi connectivity index (χ4n) is 2.89. The number of imide groups is 1. The molecule has 0 radical (unpaired) electrons. The number of carbonyl (C=O) groups excluding carboxylic acids is 6. The average Bonchev–Trinajstić information content (AvgIpc) is 3.11. The fourth-order valence-corrected chi connectivity index (χ4v) is 2.89. The van der Waals surface area contributed by atoms with E-state index in [1.165, 1.54) is 0 Å². The summed E-state index contributed by atoms with van der Waals surface area (Å²) in [4.78, 5) is 71.3. The Hall–Kier alpha value is -3.64. The van der Waals surface area contributed by atoms with E-state index >= 15 is 0 Å². The highest BCUT2D eigenvalue weighted by molar-refractivity contribution is 6.13. The summed E-state index contributed by atoms with van der Waals surface area (Å²) < 4.78 is 9.59. The lowest BCUT2D eigenvalue weighted by molar-refractivity contribution is -0.137. The van der Waals surface area contributed by atoms with E-state index in [2.05, 4.69) is 21.3 Å². The van der Waals surface area contributed by atoms with E-state index in [1.54, 1.807) is 13.8 Å². The van der Waals surface area contributed by atoms with Gasteiger partial charge >= 0.3 is 12.2 Å². The minimum absolute atomic E-state index is 0.0284. The molecule has 1 aliphatic heterocycles. The number of carbonyl (C=O) groups is 6. The van der Waals surface area contributed by atoms with Crippen molar-refractivity contribution in [3.63, 3.8) is 0 Å². The molecule has 6 amide bonds. The molecule has 0 aliphatic carbocycles. The lowest BCUT2D eigenvalue weighted by Crippen LogP contribution is -2.48. The molecule has 13 heteroatoms. The maximum atomic E-state index is 12.5. The van der Waals surface area contributed by atoms with Gasteiger partial charge in [-0.05, 0) is 33.1 Å². The zero-order valence-corrected chi connectivity index (χ0v) is 19.5. The molecule has 1 unspecified atom stereocenters. The summed E-state index contributed by atoms with van der Waals surface area (Å²) in [6.07, 6.45) is 2.42.